The van der Waals surface area contributed by atoms with Gasteiger partial charge in [0, 0.05) is 26.1 Å². The second-order valence-corrected chi connectivity index (χ2v) is 3.39. The summed E-state index contributed by atoms with van der Waals surface area (Å²) >= 11 is 0. The number of rotatable bonds is 1. The molecule has 0 bridgehead atoms. The van der Waals surface area contributed by atoms with E-state index in [4.69, 9.17) is 0 Å². The van der Waals surface area contributed by atoms with Crippen molar-refractivity contribution in [2.75, 3.05) is 20.3 Å². The lowest BCUT2D eigenvalue weighted by molar-refractivity contribution is -0.136. The molecule has 0 saturated carbocycles. The van der Waals surface area contributed by atoms with Crippen LogP contribution in [0, 0.1) is 0 Å². The Morgan fingerprint density at radius 3 is 2.55 bits per heavy atom. The van der Waals surface area contributed by atoms with Crippen LogP contribution in [0.15, 0.2) is 0 Å². The Labute approximate surface area is 68.0 Å². The van der Waals surface area contributed by atoms with Gasteiger partial charge in [-0.15, -0.1) is 0 Å². The Balaban J connectivity index is 2.46. The molecule has 0 aromatic carbocycles. The molecule has 1 amide bonds. The van der Waals surface area contributed by atoms with E-state index in [1.54, 1.807) is 4.90 Å². The van der Waals surface area contributed by atoms with E-state index in [-0.39, 0.29) is 5.91 Å². The summed E-state index contributed by atoms with van der Waals surface area (Å²) in [7, 11) is 1.86. The monoisotopic (exact) mass is 156 g/mol. The van der Waals surface area contributed by atoms with Crippen molar-refractivity contribution >= 4 is 5.91 Å². The zero-order chi connectivity index (χ0) is 8.43. The average molecular weight is 156 g/mol. The Bertz CT molecular complexity index is 156. The molecular formula is C8H16N2O. The van der Waals surface area contributed by atoms with Gasteiger partial charge in [-0.25, -0.2) is 0 Å². The quantitative estimate of drug-likeness (QED) is 0.552. The molecule has 11 heavy (non-hydrogen) atoms. The van der Waals surface area contributed by atoms with Gasteiger partial charge in [0.25, 0.3) is 0 Å². The van der Waals surface area contributed by atoms with E-state index in [9.17, 15) is 4.79 Å². The van der Waals surface area contributed by atoms with E-state index in [0.717, 1.165) is 13.2 Å². The first-order chi connectivity index (χ1) is 5.11. The van der Waals surface area contributed by atoms with Gasteiger partial charge in [0.15, 0.2) is 0 Å². The first-order valence-electron chi connectivity index (χ1n) is 4.09. The van der Waals surface area contributed by atoms with Crippen LogP contribution in [-0.2, 0) is 4.79 Å². The van der Waals surface area contributed by atoms with Gasteiger partial charge in [0.05, 0.1) is 6.67 Å². The van der Waals surface area contributed by atoms with Crippen LogP contribution in [0.5, 0.6) is 0 Å². The van der Waals surface area contributed by atoms with E-state index in [1.807, 2.05) is 7.05 Å². The second kappa shape index (κ2) is 3.22. The minimum absolute atomic E-state index is 0.266. The smallest absolute Gasteiger partial charge is 0.224 e. The van der Waals surface area contributed by atoms with Crippen molar-refractivity contribution in [3.05, 3.63) is 0 Å². The van der Waals surface area contributed by atoms with Crippen molar-refractivity contribution in [1.29, 1.82) is 0 Å². The number of hydrogen-bond donors (Lipinski definition) is 0. The van der Waals surface area contributed by atoms with Gasteiger partial charge < -0.3 is 4.90 Å². The SMILES string of the molecule is CC(C)N1CCC(=O)N(C)C1. The normalized spacial score (nSPS) is 21.5. The van der Waals surface area contributed by atoms with Gasteiger partial charge in [-0.1, -0.05) is 0 Å². The summed E-state index contributed by atoms with van der Waals surface area (Å²) < 4.78 is 0. The Hall–Kier alpha value is -0.570. The molecule has 0 radical (unpaired) electrons. The summed E-state index contributed by atoms with van der Waals surface area (Å²) in [5.41, 5.74) is 0. The lowest BCUT2D eigenvalue weighted by atomic mass is 10.2. The van der Waals surface area contributed by atoms with Crippen LogP contribution in [0.1, 0.15) is 20.3 Å². The Morgan fingerprint density at radius 2 is 2.09 bits per heavy atom. The molecule has 0 atom stereocenters. The molecule has 1 rings (SSSR count). The van der Waals surface area contributed by atoms with E-state index >= 15 is 0 Å². The first kappa shape index (κ1) is 8.53. The predicted octanol–water partition coefficient (Wildman–Crippen LogP) is 0.516. The molecule has 1 fully saturated rings. The topological polar surface area (TPSA) is 23.6 Å². The number of hydrogen-bond acceptors (Lipinski definition) is 2. The van der Waals surface area contributed by atoms with Crippen LogP contribution in [0.2, 0.25) is 0 Å². The highest BCUT2D eigenvalue weighted by Crippen LogP contribution is 2.08. The molecule has 0 unspecified atom stereocenters. The van der Waals surface area contributed by atoms with Crippen molar-refractivity contribution in [3.8, 4) is 0 Å². The van der Waals surface area contributed by atoms with Gasteiger partial charge in [-0.2, -0.15) is 0 Å². The highest BCUT2D eigenvalue weighted by molar-refractivity contribution is 5.76. The van der Waals surface area contributed by atoms with Crippen LogP contribution < -0.4 is 0 Å². The molecule has 1 heterocycles. The fourth-order valence-corrected chi connectivity index (χ4v) is 1.27. The van der Waals surface area contributed by atoms with Gasteiger partial charge >= 0.3 is 0 Å². The molecule has 1 aliphatic rings. The Kier molecular flexibility index (Phi) is 2.49. The highest BCUT2D eigenvalue weighted by Gasteiger charge is 2.21. The zero-order valence-corrected chi connectivity index (χ0v) is 7.50. The summed E-state index contributed by atoms with van der Waals surface area (Å²) in [5.74, 6) is 0.266. The molecule has 0 aliphatic carbocycles. The summed E-state index contributed by atoms with van der Waals surface area (Å²) in [4.78, 5) is 15.1. The summed E-state index contributed by atoms with van der Waals surface area (Å²) in [6.45, 7) is 6.02. The average Bonchev–Trinajstić information content (AvgIpc) is 1.94. The minimum atomic E-state index is 0.266. The van der Waals surface area contributed by atoms with Gasteiger partial charge in [-0.05, 0) is 13.8 Å². The van der Waals surface area contributed by atoms with Crippen LogP contribution in [0.4, 0.5) is 0 Å². The van der Waals surface area contributed by atoms with E-state index in [1.165, 1.54) is 0 Å². The summed E-state index contributed by atoms with van der Waals surface area (Å²) in [5, 5.41) is 0. The van der Waals surface area contributed by atoms with Crippen LogP contribution >= 0.6 is 0 Å². The molecule has 0 N–H and O–H groups in total. The molecule has 64 valence electrons. The molecule has 1 aliphatic heterocycles. The van der Waals surface area contributed by atoms with Crippen LogP contribution in [0.3, 0.4) is 0 Å². The fourth-order valence-electron chi connectivity index (χ4n) is 1.27. The van der Waals surface area contributed by atoms with Crippen LogP contribution in [0.25, 0.3) is 0 Å². The van der Waals surface area contributed by atoms with E-state index in [0.29, 0.717) is 12.5 Å². The van der Waals surface area contributed by atoms with Gasteiger partial charge in [0.2, 0.25) is 5.91 Å². The minimum Gasteiger partial charge on any atom is -0.333 e. The summed E-state index contributed by atoms with van der Waals surface area (Å²) in [6, 6.07) is 0.547. The molecule has 3 nitrogen and oxygen atoms in total. The first-order valence-corrected chi connectivity index (χ1v) is 4.09. The third kappa shape index (κ3) is 1.93. The van der Waals surface area contributed by atoms with Crippen molar-refractivity contribution in [3.63, 3.8) is 0 Å². The van der Waals surface area contributed by atoms with E-state index < -0.39 is 0 Å². The van der Waals surface area contributed by atoms with Gasteiger partial charge in [0.1, 0.15) is 0 Å². The maximum Gasteiger partial charge on any atom is 0.224 e. The molecule has 3 heteroatoms. The number of nitrogens with zero attached hydrogens (tertiary/aromatic N) is 2. The lowest BCUT2D eigenvalue weighted by Crippen LogP contribution is -2.48. The van der Waals surface area contributed by atoms with E-state index in [2.05, 4.69) is 18.7 Å². The van der Waals surface area contributed by atoms with Gasteiger partial charge in [-0.3, -0.25) is 9.69 Å². The van der Waals surface area contributed by atoms with Crippen molar-refractivity contribution < 1.29 is 4.79 Å². The van der Waals surface area contributed by atoms with Crippen molar-refractivity contribution in [1.82, 2.24) is 9.80 Å². The lowest BCUT2D eigenvalue weighted by Gasteiger charge is -2.35. The third-order valence-electron chi connectivity index (χ3n) is 2.16. The zero-order valence-electron chi connectivity index (χ0n) is 7.50. The largest absolute Gasteiger partial charge is 0.333 e. The third-order valence-corrected chi connectivity index (χ3v) is 2.16. The number of carbonyl (C=O) groups is 1. The number of carbonyl (C=O) groups excluding carboxylic acids is 1. The van der Waals surface area contributed by atoms with Crippen molar-refractivity contribution in [2.24, 2.45) is 0 Å². The van der Waals surface area contributed by atoms with Crippen LogP contribution in [-0.4, -0.2) is 42.0 Å². The molecule has 0 aromatic rings. The fraction of sp³-hybridized carbons (Fsp3) is 0.875. The maximum absolute atomic E-state index is 11.1. The summed E-state index contributed by atoms with van der Waals surface area (Å²) in [6.07, 6.45) is 0.675. The molecular weight excluding hydrogens is 140 g/mol. The molecule has 0 aromatic heterocycles. The highest BCUT2D eigenvalue weighted by atomic mass is 16.2. The molecule has 0 spiro atoms. The Morgan fingerprint density at radius 1 is 1.45 bits per heavy atom. The molecule has 1 saturated heterocycles. The maximum atomic E-state index is 11.1. The standard InChI is InChI=1S/C8H16N2O/c1-7(2)10-5-4-8(11)9(3)6-10/h7H,4-6H2,1-3H3. The second-order valence-electron chi connectivity index (χ2n) is 3.39. The number of amides is 1. The predicted molar refractivity (Wildman–Crippen MR) is 44.1 cm³/mol. The van der Waals surface area contributed by atoms with Crippen molar-refractivity contribution in [2.45, 2.75) is 26.3 Å².